The SMILES string of the molecule is COc1cc(C2c3cc4c(cc3C(OC(C)=O)[C@H]3COC(=O)C23)OCO4)cc(OC)c1OC. The fraction of sp³-hybridized carbons (Fsp3) is 0.417. The predicted octanol–water partition coefficient (Wildman–Crippen LogP) is 2.98. The molecule has 0 spiro atoms. The summed E-state index contributed by atoms with van der Waals surface area (Å²) in [4.78, 5) is 25.0. The van der Waals surface area contributed by atoms with Gasteiger partial charge in [-0.3, -0.25) is 9.59 Å². The zero-order chi connectivity index (χ0) is 23.3. The first kappa shape index (κ1) is 21.2. The molecule has 2 aromatic carbocycles. The van der Waals surface area contributed by atoms with Crippen LogP contribution in [0.25, 0.3) is 0 Å². The lowest BCUT2D eigenvalue weighted by Crippen LogP contribution is -2.36. The second kappa shape index (κ2) is 8.06. The summed E-state index contributed by atoms with van der Waals surface area (Å²) in [5.74, 6) is 0.383. The molecule has 174 valence electrons. The van der Waals surface area contributed by atoms with E-state index >= 15 is 0 Å². The quantitative estimate of drug-likeness (QED) is 0.629. The molecule has 33 heavy (non-hydrogen) atoms. The van der Waals surface area contributed by atoms with Gasteiger partial charge in [-0.2, -0.15) is 0 Å². The Morgan fingerprint density at radius 2 is 1.55 bits per heavy atom. The molecule has 9 nitrogen and oxygen atoms in total. The maximum Gasteiger partial charge on any atom is 0.310 e. The van der Waals surface area contributed by atoms with E-state index in [1.54, 1.807) is 0 Å². The van der Waals surface area contributed by atoms with Gasteiger partial charge in [0.1, 0.15) is 6.10 Å². The van der Waals surface area contributed by atoms with Crippen molar-refractivity contribution in [2.75, 3.05) is 34.7 Å². The van der Waals surface area contributed by atoms with Crippen molar-refractivity contribution in [1.82, 2.24) is 0 Å². The van der Waals surface area contributed by atoms with Crippen LogP contribution in [-0.2, 0) is 19.1 Å². The van der Waals surface area contributed by atoms with Gasteiger partial charge >= 0.3 is 11.9 Å². The van der Waals surface area contributed by atoms with Crippen LogP contribution in [0.2, 0.25) is 0 Å². The molecular weight excluding hydrogens is 432 g/mol. The van der Waals surface area contributed by atoms with Crippen LogP contribution >= 0.6 is 0 Å². The van der Waals surface area contributed by atoms with E-state index in [0.717, 1.165) is 16.7 Å². The molecule has 5 rings (SSSR count). The average Bonchev–Trinajstić information content (AvgIpc) is 3.43. The number of cyclic esters (lactones) is 1. The molecule has 2 aromatic rings. The fourth-order valence-electron chi connectivity index (χ4n) is 5.12. The maximum atomic E-state index is 13.0. The Hall–Kier alpha value is -3.62. The Balaban J connectivity index is 1.75. The number of benzene rings is 2. The molecule has 4 atom stereocenters. The normalized spacial score (nSPS) is 24.4. The molecule has 0 amide bonds. The lowest BCUT2D eigenvalue weighted by molar-refractivity contribution is -0.152. The summed E-state index contributed by atoms with van der Waals surface area (Å²) in [5, 5.41) is 0. The molecule has 1 aliphatic carbocycles. The van der Waals surface area contributed by atoms with Gasteiger partial charge in [-0.1, -0.05) is 0 Å². The van der Waals surface area contributed by atoms with Gasteiger partial charge in [-0.25, -0.2) is 0 Å². The molecule has 0 N–H and O–H groups in total. The van der Waals surface area contributed by atoms with Gasteiger partial charge in [-0.15, -0.1) is 0 Å². The third kappa shape index (κ3) is 3.30. The molecule has 0 saturated carbocycles. The van der Waals surface area contributed by atoms with Crippen LogP contribution in [0.4, 0.5) is 0 Å². The van der Waals surface area contributed by atoms with Gasteiger partial charge in [0.2, 0.25) is 12.5 Å². The fourth-order valence-corrected chi connectivity index (χ4v) is 5.12. The first-order chi connectivity index (χ1) is 16.0. The number of fused-ring (bicyclic) bond motifs is 3. The van der Waals surface area contributed by atoms with E-state index in [1.165, 1.54) is 28.3 Å². The largest absolute Gasteiger partial charge is 0.493 e. The standard InChI is InChI=1S/C24H24O9/c1-11(25)33-22-14-8-17-16(31-10-32-17)7-13(14)20(21-15(22)9-30-24(21)26)12-5-18(27-2)23(29-4)19(6-12)28-3/h5-8,15,20-22H,9-10H2,1-4H3/t15-,20?,21?,22?/m0/s1. The smallest absolute Gasteiger partial charge is 0.310 e. The second-order valence-corrected chi connectivity index (χ2v) is 8.12. The van der Waals surface area contributed by atoms with E-state index in [-0.39, 0.29) is 25.3 Å². The summed E-state index contributed by atoms with van der Waals surface area (Å²) >= 11 is 0. The molecule has 0 aromatic heterocycles. The molecule has 0 bridgehead atoms. The second-order valence-electron chi connectivity index (χ2n) is 8.12. The number of hydrogen-bond donors (Lipinski definition) is 0. The van der Waals surface area contributed by atoms with Gasteiger partial charge in [-0.05, 0) is 35.4 Å². The minimum Gasteiger partial charge on any atom is -0.493 e. The van der Waals surface area contributed by atoms with Crippen molar-refractivity contribution in [3.8, 4) is 28.7 Å². The van der Waals surface area contributed by atoms with Gasteiger partial charge in [0, 0.05) is 24.3 Å². The maximum absolute atomic E-state index is 13.0. The van der Waals surface area contributed by atoms with Crippen LogP contribution in [0.15, 0.2) is 24.3 Å². The summed E-state index contributed by atoms with van der Waals surface area (Å²) in [5.41, 5.74) is 2.33. The number of rotatable bonds is 5. The van der Waals surface area contributed by atoms with Gasteiger partial charge in [0.05, 0.1) is 33.9 Å². The highest BCUT2D eigenvalue weighted by atomic mass is 16.7. The van der Waals surface area contributed by atoms with Crippen molar-refractivity contribution in [2.45, 2.75) is 18.9 Å². The molecule has 3 aliphatic rings. The first-order valence-electron chi connectivity index (χ1n) is 10.5. The van der Waals surface area contributed by atoms with Crippen LogP contribution in [-0.4, -0.2) is 46.7 Å². The van der Waals surface area contributed by atoms with Crippen molar-refractivity contribution in [1.29, 1.82) is 0 Å². The van der Waals surface area contributed by atoms with Crippen LogP contribution in [0, 0.1) is 11.8 Å². The number of hydrogen-bond acceptors (Lipinski definition) is 9. The van der Waals surface area contributed by atoms with Crippen LogP contribution in [0.1, 0.15) is 35.6 Å². The molecular formula is C24H24O9. The van der Waals surface area contributed by atoms with Crippen LogP contribution in [0.3, 0.4) is 0 Å². The predicted molar refractivity (Wildman–Crippen MR) is 113 cm³/mol. The van der Waals surface area contributed by atoms with E-state index in [4.69, 9.17) is 33.2 Å². The summed E-state index contributed by atoms with van der Waals surface area (Å²) in [6.45, 7) is 1.60. The van der Waals surface area contributed by atoms with E-state index in [1.807, 2.05) is 24.3 Å². The molecule has 1 fully saturated rings. The van der Waals surface area contributed by atoms with Gasteiger partial charge < -0.3 is 33.2 Å². The highest BCUT2D eigenvalue weighted by Gasteiger charge is 2.54. The Morgan fingerprint density at radius 3 is 2.12 bits per heavy atom. The van der Waals surface area contributed by atoms with E-state index < -0.39 is 23.9 Å². The zero-order valence-corrected chi connectivity index (χ0v) is 18.7. The van der Waals surface area contributed by atoms with Crippen LogP contribution in [0.5, 0.6) is 28.7 Å². The summed E-state index contributed by atoms with van der Waals surface area (Å²) in [6.07, 6.45) is -0.651. The van der Waals surface area contributed by atoms with Crippen molar-refractivity contribution >= 4 is 11.9 Å². The minimum absolute atomic E-state index is 0.0974. The third-order valence-electron chi connectivity index (χ3n) is 6.46. The third-order valence-corrected chi connectivity index (χ3v) is 6.46. The van der Waals surface area contributed by atoms with Crippen molar-refractivity contribution in [3.05, 3.63) is 41.0 Å². The van der Waals surface area contributed by atoms with Gasteiger partial charge in [0.25, 0.3) is 0 Å². The van der Waals surface area contributed by atoms with Gasteiger partial charge in [0.15, 0.2) is 23.0 Å². The topological polar surface area (TPSA) is 98.8 Å². The number of ether oxygens (including phenoxy) is 7. The monoisotopic (exact) mass is 456 g/mol. The molecule has 2 heterocycles. The molecule has 3 unspecified atom stereocenters. The van der Waals surface area contributed by atoms with E-state index in [0.29, 0.717) is 28.7 Å². The summed E-state index contributed by atoms with van der Waals surface area (Å²) in [6, 6.07) is 7.34. The lowest BCUT2D eigenvalue weighted by Gasteiger charge is -2.38. The van der Waals surface area contributed by atoms with Crippen molar-refractivity contribution in [3.63, 3.8) is 0 Å². The Bertz CT molecular complexity index is 1100. The van der Waals surface area contributed by atoms with E-state index in [2.05, 4.69) is 0 Å². The molecule has 9 heteroatoms. The van der Waals surface area contributed by atoms with Crippen molar-refractivity contribution in [2.24, 2.45) is 11.8 Å². The van der Waals surface area contributed by atoms with E-state index in [9.17, 15) is 9.59 Å². The highest BCUT2D eigenvalue weighted by molar-refractivity contribution is 5.79. The Kier molecular flexibility index (Phi) is 5.19. The zero-order valence-electron chi connectivity index (χ0n) is 18.7. The Labute approximate surface area is 190 Å². The number of methoxy groups -OCH3 is 3. The lowest BCUT2D eigenvalue weighted by atomic mass is 9.66. The summed E-state index contributed by atoms with van der Waals surface area (Å²) in [7, 11) is 4.61. The molecule has 0 radical (unpaired) electrons. The summed E-state index contributed by atoms with van der Waals surface area (Å²) < 4.78 is 38.9. The number of carbonyl (C=O) groups excluding carboxylic acids is 2. The molecule has 2 aliphatic heterocycles. The highest BCUT2D eigenvalue weighted by Crippen LogP contribution is 2.56. The minimum atomic E-state index is -0.651. The first-order valence-corrected chi connectivity index (χ1v) is 10.5. The molecule has 1 saturated heterocycles. The van der Waals surface area contributed by atoms with Crippen LogP contribution < -0.4 is 23.7 Å². The number of carbonyl (C=O) groups is 2. The average molecular weight is 456 g/mol. The Morgan fingerprint density at radius 1 is 0.909 bits per heavy atom. The van der Waals surface area contributed by atoms with Crippen molar-refractivity contribution < 1.29 is 42.7 Å². The number of esters is 2.